The summed E-state index contributed by atoms with van der Waals surface area (Å²) in [6.07, 6.45) is 2.90. The zero-order valence-electron chi connectivity index (χ0n) is 10.2. The van der Waals surface area contributed by atoms with Crippen LogP contribution in [0.1, 0.15) is 26.2 Å². The molecule has 0 aromatic rings. The van der Waals surface area contributed by atoms with Gasteiger partial charge < -0.3 is 15.7 Å². The number of urea groups is 1. The van der Waals surface area contributed by atoms with Gasteiger partial charge in [0.1, 0.15) is 0 Å². The first kappa shape index (κ1) is 15.9. The fourth-order valence-electron chi connectivity index (χ4n) is 1.33. The minimum absolute atomic E-state index is 0.0824. The quantitative estimate of drug-likeness (QED) is 0.588. The lowest BCUT2D eigenvalue weighted by Crippen LogP contribution is -2.44. The van der Waals surface area contributed by atoms with Crippen molar-refractivity contribution >= 4 is 22.8 Å². The highest BCUT2D eigenvalue weighted by Crippen LogP contribution is 2.01. The topological polar surface area (TPSA) is 95.5 Å². The van der Waals surface area contributed by atoms with Gasteiger partial charge in [-0.1, -0.05) is 13.3 Å². The molecule has 3 N–H and O–H groups in total. The Labute approximate surface area is 104 Å². The van der Waals surface area contributed by atoms with Crippen LogP contribution in [0.4, 0.5) is 4.79 Å². The van der Waals surface area contributed by atoms with Crippen LogP contribution >= 0.6 is 0 Å². The van der Waals surface area contributed by atoms with Crippen LogP contribution < -0.4 is 10.6 Å². The van der Waals surface area contributed by atoms with Gasteiger partial charge >= 0.3 is 12.0 Å². The number of carboxylic acid groups (broad SMARTS) is 1. The Morgan fingerprint density at radius 2 is 2.06 bits per heavy atom. The van der Waals surface area contributed by atoms with Crippen LogP contribution in [0.3, 0.4) is 0 Å². The van der Waals surface area contributed by atoms with Gasteiger partial charge in [-0.15, -0.1) is 0 Å². The fraction of sp³-hybridized carbons (Fsp3) is 0.800. The van der Waals surface area contributed by atoms with Crippen LogP contribution in [-0.4, -0.2) is 45.9 Å². The molecule has 0 radical (unpaired) electrons. The Balaban J connectivity index is 3.94. The number of nitrogens with one attached hydrogen (secondary N) is 2. The third-order valence-electron chi connectivity index (χ3n) is 2.07. The van der Waals surface area contributed by atoms with Gasteiger partial charge in [-0.2, -0.15) is 0 Å². The molecule has 0 rings (SSSR count). The molecule has 0 fully saturated rings. The highest BCUT2D eigenvalue weighted by Gasteiger charge is 2.14. The van der Waals surface area contributed by atoms with Gasteiger partial charge in [0.15, 0.2) is 0 Å². The lowest BCUT2D eigenvalue weighted by atomic mass is 10.1. The standard InChI is InChI=1S/C10H20N2O4S/c1-3-4-8(7-9(13)14)12-10(15)11-5-6-17(2)16/h8H,3-7H2,1-2H3,(H,13,14)(H2,11,12,15). The molecule has 0 aliphatic heterocycles. The smallest absolute Gasteiger partial charge is 0.315 e. The summed E-state index contributed by atoms with van der Waals surface area (Å²) >= 11 is 0. The molecule has 2 amide bonds. The van der Waals surface area contributed by atoms with Crippen LogP contribution in [0.25, 0.3) is 0 Å². The molecule has 0 aliphatic carbocycles. The van der Waals surface area contributed by atoms with Gasteiger partial charge in [-0.3, -0.25) is 9.00 Å². The van der Waals surface area contributed by atoms with E-state index in [0.717, 1.165) is 6.42 Å². The molecule has 0 aromatic carbocycles. The van der Waals surface area contributed by atoms with Gasteiger partial charge in [-0.25, -0.2) is 4.79 Å². The molecule has 2 unspecified atom stereocenters. The summed E-state index contributed by atoms with van der Waals surface area (Å²) in [7, 11) is -0.944. The van der Waals surface area contributed by atoms with Gasteiger partial charge in [-0.05, 0) is 6.42 Å². The molecule has 0 aromatic heterocycles. The molecule has 0 aliphatic rings. The van der Waals surface area contributed by atoms with E-state index in [-0.39, 0.29) is 12.5 Å². The van der Waals surface area contributed by atoms with Crippen molar-refractivity contribution in [2.24, 2.45) is 0 Å². The Hall–Kier alpha value is -1.11. The molecule has 100 valence electrons. The van der Waals surface area contributed by atoms with E-state index in [1.807, 2.05) is 6.92 Å². The van der Waals surface area contributed by atoms with Crippen molar-refractivity contribution in [3.8, 4) is 0 Å². The summed E-state index contributed by atoms with van der Waals surface area (Å²) in [5.74, 6) is -0.538. The van der Waals surface area contributed by atoms with Crippen molar-refractivity contribution in [3.05, 3.63) is 0 Å². The van der Waals surface area contributed by atoms with Crippen molar-refractivity contribution in [2.45, 2.75) is 32.2 Å². The number of aliphatic carboxylic acids is 1. The van der Waals surface area contributed by atoms with Crippen LogP contribution in [0.5, 0.6) is 0 Å². The molecular weight excluding hydrogens is 244 g/mol. The zero-order chi connectivity index (χ0) is 13.3. The average molecular weight is 264 g/mol. The number of carbonyl (C=O) groups excluding carboxylic acids is 1. The summed E-state index contributed by atoms with van der Waals surface area (Å²) in [5, 5.41) is 13.8. The first-order valence-electron chi connectivity index (χ1n) is 5.51. The predicted molar refractivity (Wildman–Crippen MR) is 66.4 cm³/mol. The van der Waals surface area contributed by atoms with E-state index in [1.54, 1.807) is 6.26 Å². The Bertz CT molecular complexity index is 283. The van der Waals surface area contributed by atoms with E-state index in [4.69, 9.17) is 5.11 Å². The molecule has 2 atom stereocenters. The summed E-state index contributed by atoms with van der Waals surface area (Å²) in [6, 6.07) is -0.764. The predicted octanol–water partition coefficient (Wildman–Crippen LogP) is 0.308. The molecule has 0 spiro atoms. The second-order valence-corrected chi connectivity index (χ2v) is 5.32. The number of hydrogen-bond donors (Lipinski definition) is 3. The van der Waals surface area contributed by atoms with Crippen molar-refractivity contribution in [1.82, 2.24) is 10.6 Å². The van der Waals surface area contributed by atoms with Gasteiger partial charge in [0.05, 0.1) is 6.42 Å². The summed E-state index contributed by atoms with van der Waals surface area (Å²) in [5.41, 5.74) is 0. The molecule has 17 heavy (non-hydrogen) atoms. The van der Waals surface area contributed by atoms with E-state index >= 15 is 0 Å². The minimum atomic E-state index is -0.944. The first-order valence-corrected chi connectivity index (χ1v) is 7.24. The summed E-state index contributed by atoms with van der Waals surface area (Å²) in [4.78, 5) is 21.9. The third-order valence-corrected chi connectivity index (χ3v) is 2.85. The molecule has 0 heterocycles. The number of hydrogen-bond acceptors (Lipinski definition) is 3. The molecule has 0 saturated carbocycles. The van der Waals surface area contributed by atoms with Crippen molar-refractivity contribution in [1.29, 1.82) is 0 Å². The second kappa shape index (κ2) is 8.98. The first-order chi connectivity index (χ1) is 7.95. The number of rotatable bonds is 8. The maximum atomic E-state index is 11.4. The molecule has 6 nitrogen and oxygen atoms in total. The normalized spacial score (nSPS) is 13.8. The Kier molecular flexibility index (Phi) is 8.39. The van der Waals surface area contributed by atoms with Gasteiger partial charge in [0, 0.05) is 35.4 Å². The minimum Gasteiger partial charge on any atom is -0.481 e. The summed E-state index contributed by atoms with van der Waals surface area (Å²) < 4.78 is 10.8. The number of carbonyl (C=O) groups is 2. The maximum absolute atomic E-state index is 11.4. The van der Waals surface area contributed by atoms with E-state index in [0.29, 0.717) is 18.7 Å². The van der Waals surface area contributed by atoms with Crippen LogP contribution in [0, 0.1) is 0 Å². The van der Waals surface area contributed by atoms with Crippen molar-refractivity contribution in [2.75, 3.05) is 18.6 Å². The molecule has 0 bridgehead atoms. The SMILES string of the molecule is CCCC(CC(=O)O)NC(=O)NCCS(C)=O. The van der Waals surface area contributed by atoms with Gasteiger partial charge in [0.2, 0.25) is 0 Å². The van der Waals surface area contributed by atoms with E-state index < -0.39 is 22.8 Å². The maximum Gasteiger partial charge on any atom is 0.315 e. The fourth-order valence-corrected chi connectivity index (χ4v) is 1.72. The Morgan fingerprint density at radius 3 is 2.53 bits per heavy atom. The average Bonchev–Trinajstić information content (AvgIpc) is 2.15. The highest BCUT2D eigenvalue weighted by molar-refractivity contribution is 7.84. The van der Waals surface area contributed by atoms with Crippen LogP contribution in [-0.2, 0) is 15.6 Å². The lowest BCUT2D eigenvalue weighted by molar-refractivity contribution is -0.137. The lowest BCUT2D eigenvalue weighted by Gasteiger charge is -2.16. The van der Waals surface area contributed by atoms with Crippen molar-refractivity contribution < 1.29 is 18.9 Å². The van der Waals surface area contributed by atoms with Crippen LogP contribution in [0.15, 0.2) is 0 Å². The van der Waals surface area contributed by atoms with E-state index in [1.165, 1.54) is 0 Å². The molecular formula is C10H20N2O4S. The van der Waals surface area contributed by atoms with E-state index in [9.17, 15) is 13.8 Å². The largest absolute Gasteiger partial charge is 0.481 e. The van der Waals surface area contributed by atoms with E-state index in [2.05, 4.69) is 10.6 Å². The monoisotopic (exact) mass is 264 g/mol. The van der Waals surface area contributed by atoms with Gasteiger partial charge in [0.25, 0.3) is 0 Å². The summed E-state index contributed by atoms with van der Waals surface area (Å²) in [6.45, 7) is 2.25. The van der Waals surface area contributed by atoms with Crippen LogP contribution in [0.2, 0.25) is 0 Å². The highest BCUT2D eigenvalue weighted by atomic mass is 32.2. The molecule has 7 heteroatoms. The third kappa shape index (κ3) is 9.80. The molecule has 0 saturated heterocycles. The Morgan fingerprint density at radius 1 is 1.41 bits per heavy atom. The number of amides is 2. The zero-order valence-corrected chi connectivity index (χ0v) is 11.0. The van der Waals surface area contributed by atoms with Crippen molar-refractivity contribution in [3.63, 3.8) is 0 Å². The number of carboxylic acids is 1. The second-order valence-electron chi connectivity index (χ2n) is 3.76.